The SMILES string of the molecule is C=C=C1C(=O)NC(=O)NC1=O. The van der Waals surface area contributed by atoms with E-state index in [0.717, 1.165) is 0 Å². The maximum atomic E-state index is 10.7. The minimum absolute atomic E-state index is 0.274. The molecule has 1 saturated heterocycles. The van der Waals surface area contributed by atoms with Gasteiger partial charge in [-0.1, -0.05) is 6.58 Å². The molecule has 5 nitrogen and oxygen atoms in total. The fraction of sp³-hybridized carbons (Fsp3) is 0. The Balaban J connectivity index is 3.02. The summed E-state index contributed by atoms with van der Waals surface area (Å²) in [7, 11) is 0. The van der Waals surface area contributed by atoms with Crippen LogP contribution in [0.2, 0.25) is 0 Å². The van der Waals surface area contributed by atoms with Gasteiger partial charge in [0, 0.05) is 0 Å². The normalized spacial score (nSPS) is 17.1. The maximum absolute atomic E-state index is 10.7. The molecular formula is C6H4N2O3. The van der Waals surface area contributed by atoms with Crippen LogP contribution < -0.4 is 10.6 Å². The van der Waals surface area contributed by atoms with Crippen molar-refractivity contribution in [3.05, 3.63) is 17.9 Å². The van der Waals surface area contributed by atoms with Crippen molar-refractivity contribution in [2.24, 2.45) is 0 Å². The molecule has 2 N–H and O–H groups in total. The first-order chi connectivity index (χ1) is 5.15. The molecular weight excluding hydrogens is 148 g/mol. The van der Waals surface area contributed by atoms with Gasteiger partial charge in [0.15, 0.2) is 0 Å². The molecule has 0 aliphatic carbocycles. The fourth-order valence-electron chi connectivity index (χ4n) is 0.626. The van der Waals surface area contributed by atoms with Crippen LogP contribution in [-0.2, 0) is 9.59 Å². The van der Waals surface area contributed by atoms with Gasteiger partial charge in [0.2, 0.25) is 0 Å². The lowest BCUT2D eigenvalue weighted by Crippen LogP contribution is -2.51. The molecule has 0 unspecified atom stereocenters. The number of hydrogen-bond donors (Lipinski definition) is 2. The Labute approximate surface area is 61.8 Å². The van der Waals surface area contributed by atoms with E-state index in [4.69, 9.17) is 0 Å². The Morgan fingerprint density at radius 2 is 1.55 bits per heavy atom. The van der Waals surface area contributed by atoms with Crippen molar-refractivity contribution in [3.8, 4) is 0 Å². The number of carbonyl (C=O) groups is 3. The number of imide groups is 2. The molecule has 0 aromatic carbocycles. The van der Waals surface area contributed by atoms with E-state index in [0.29, 0.717) is 0 Å². The quantitative estimate of drug-likeness (QED) is 0.267. The largest absolute Gasteiger partial charge is 0.328 e. The zero-order valence-electron chi connectivity index (χ0n) is 5.43. The third-order valence-electron chi connectivity index (χ3n) is 1.09. The van der Waals surface area contributed by atoms with Crippen LogP contribution in [0.3, 0.4) is 0 Å². The first-order valence-corrected chi connectivity index (χ1v) is 2.72. The molecule has 0 saturated carbocycles. The Morgan fingerprint density at radius 3 is 1.91 bits per heavy atom. The highest BCUT2D eigenvalue weighted by atomic mass is 16.2. The van der Waals surface area contributed by atoms with Gasteiger partial charge in [-0.3, -0.25) is 20.2 Å². The summed E-state index contributed by atoms with van der Waals surface area (Å²) >= 11 is 0. The zero-order chi connectivity index (χ0) is 8.43. The maximum Gasteiger partial charge on any atom is 0.328 e. The molecule has 0 bridgehead atoms. The Morgan fingerprint density at radius 1 is 1.09 bits per heavy atom. The average Bonchev–Trinajstić information content (AvgIpc) is 1.85. The van der Waals surface area contributed by atoms with Gasteiger partial charge in [-0.15, -0.1) is 5.73 Å². The first kappa shape index (κ1) is 7.24. The van der Waals surface area contributed by atoms with Crippen LogP contribution in [0.15, 0.2) is 17.9 Å². The number of urea groups is 1. The van der Waals surface area contributed by atoms with E-state index in [1.165, 1.54) is 0 Å². The topological polar surface area (TPSA) is 75.3 Å². The van der Waals surface area contributed by atoms with Crippen molar-refractivity contribution >= 4 is 17.8 Å². The van der Waals surface area contributed by atoms with Crippen LogP contribution in [0.25, 0.3) is 0 Å². The fourth-order valence-corrected chi connectivity index (χ4v) is 0.626. The second-order valence-electron chi connectivity index (χ2n) is 1.79. The van der Waals surface area contributed by atoms with E-state index in [2.05, 4.69) is 12.3 Å². The lowest BCUT2D eigenvalue weighted by atomic mass is 10.2. The smallest absolute Gasteiger partial charge is 0.273 e. The number of nitrogens with one attached hydrogen (secondary N) is 2. The minimum Gasteiger partial charge on any atom is -0.273 e. The molecule has 1 aliphatic heterocycles. The number of rotatable bonds is 0. The van der Waals surface area contributed by atoms with Crippen LogP contribution in [0.1, 0.15) is 0 Å². The van der Waals surface area contributed by atoms with Gasteiger partial charge >= 0.3 is 6.03 Å². The van der Waals surface area contributed by atoms with Gasteiger partial charge in [0.25, 0.3) is 11.8 Å². The van der Waals surface area contributed by atoms with Gasteiger partial charge in [-0.2, -0.15) is 0 Å². The minimum atomic E-state index is -0.820. The molecule has 1 rings (SSSR count). The lowest BCUT2D eigenvalue weighted by Gasteiger charge is -2.11. The average molecular weight is 152 g/mol. The second kappa shape index (κ2) is 2.40. The van der Waals surface area contributed by atoms with E-state index in [-0.39, 0.29) is 5.57 Å². The van der Waals surface area contributed by atoms with Crippen molar-refractivity contribution in [1.82, 2.24) is 10.6 Å². The van der Waals surface area contributed by atoms with Gasteiger partial charge < -0.3 is 0 Å². The summed E-state index contributed by atoms with van der Waals surface area (Å²) in [5, 5.41) is 3.72. The Hall–Kier alpha value is -1.87. The summed E-state index contributed by atoms with van der Waals surface area (Å²) in [6.07, 6.45) is 0. The summed E-state index contributed by atoms with van der Waals surface area (Å²) in [6, 6.07) is -0.820. The molecule has 11 heavy (non-hydrogen) atoms. The predicted octanol–water partition coefficient (Wildman–Crippen LogP) is -0.936. The summed E-state index contributed by atoms with van der Waals surface area (Å²) < 4.78 is 0. The molecule has 0 aromatic heterocycles. The highest BCUT2D eigenvalue weighted by Crippen LogP contribution is 1.96. The van der Waals surface area contributed by atoms with Crippen molar-refractivity contribution in [2.75, 3.05) is 0 Å². The Kier molecular flexibility index (Phi) is 1.58. The van der Waals surface area contributed by atoms with Crippen LogP contribution in [-0.4, -0.2) is 17.8 Å². The molecule has 0 atom stereocenters. The number of carbonyl (C=O) groups excluding carboxylic acids is 3. The van der Waals surface area contributed by atoms with E-state index < -0.39 is 17.8 Å². The van der Waals surface area contributed by atoms with E-state index in [1.807, 2.05) is 10.6 Å². The first-order valence-electron chi connectivity index (χ1n) is 2.72. The van der Waals surface area contributed by atoms with E-state index >= 15 is 0 Å². The number of hydrogen-bond acceptors (Lipinski definition) is 3. The summed E-state index contributed by atoms with van der Waals surface area (Å²) in [5.74, 6) is -1.54. The molecule has 5 heteroatoms. The highest BCUT2D eigenvalue weighted by molar-refractivity contribution is 6.28. The van der Waals surface area contributed by atoms with Gasteiger partial charge in [0.05, 0.1) is 0 Å². The van der Waals surface area contributed by atoms with Crippen LogP contribution in [0.4, 0.5) is 4.79 Å². The van der Waals surface area contributed by atoms with Crippen LogP contribution >= 0.6 is 0 Å². The molecule has 0 aromatic rings. The molecule has 1 fully saturated rings. The van der Waals surface area contributed by atoms with Gasteiger partial charge in [0.1, 0.15) is 5.57 Å². The van der Waals surface area contributed by atoms with E-state index in [1.54, 1.807) is 0 Å². The van der Waals surface area contributed by atoms with Crippen LogP contribution in [0, 0.1) is 0 Å². The van der Waals surface area contributed by atoms with Gasteiger partial charge in [-0.05, 0) is 0 Å². The second-order valence-corrected chi connectivity index (χ2v) is 1.79. The summed E-state index contributed by atoms with van der Waals surface area (Å²) in [6.45, 7) is 3.12. The molecule has 4 amide bonds. The summed E-state index contributed by atoms with van der Waals surface area (Å²) in [4.78, 5) is 31.8. The van der Waals surface area contributed by atoms with Crippen molar-refractivity contribution in [2.45, 2.75) is 0 Å². The lowest BCUT2D eigenvalue weighted by molar-refractivity contribution is -0.124. The third kappa shape index (κ3) is 1.17. The molecule has 1 aliphatic rings. The van der Waals surface area contributed by atoms with Crippen molar-refractivity contribution < 1.29 is 14.4 Å². The standard InChI is InChI=1S/C6H4N2O3/c1-2-3-4(9)7-6(11)8-5(3)10/h1H2,(H2,7,8,9,10,11). The van der Waals surface area contributed by atoms with Crippen molar-refractivity contribution in [1.29, 1.82) is 0 Å². The van der Waals surface area contributed by atoms with E-state index in [9.17, 15) is 14.4 Å². The third-order valence-corrected chi connectivity index (χ3v) is 1.09. The Bertz CT molecular complexity index is 277. The molecule has 0 radical (unpaired) electrons. The van der Waals surface area contributed by atoms with Crippen LogP contribution in [0.5, 0.6) is 0 Å². The summed E-state index contributed by atoms with van der Waals surface area (Å²) in [5.41, 5.74) is 1.84. The molecule has 0 spiro atoms. The predicted molar refractivity (Wildman–Crippen MR) is 34.3 cm³/mol. The van der Waals surface area contributed by atoms with Crippen molar-refractivity contribution in [3.63, 3.8) is 0 Å². The molecule has 56 valence electrons. The number of amides is 4. The monoisotopic (exact) mass is 152 g/mol. The highest BCUT2D eigenvalue weighted by Gasteiger charge is 2.26. The van der Waals surface area contributed by atoms with Gasteiger partial charge in [-0.25, -0.2) is 4.79 Å². The zero-order valence-corrected chi connectivity index (χ0v) is 5.43. The number of barbiturate groups is 1. The molecule has 1 heterocycles.